The SMILES string of the molecule is Cc1ccc(NC(=O)C(C)n2cc(C)c3cc(S(=O)(=O)N4CCCCC4)ccc32)c(C)c1N1CCN(C(=O)OC(C)(C)C)CC1. The molecule has 5 rings (SSSR count). The van der Waals surface area contributed by atoms with E-state index in [1.807, 2.05) is 70.5 Å². The summed E-state index contributed by atoms with van der Waals surface area (Å²) in [6.07, 6.45) is 4.46. The first-order valence-electron chi connectivity index (χ1n) is 15.9. The Morgan fingerprint density at radius 1 is 0.889 bits per heavy atom. The van der Waals surface area contributed by atoms with E-state index in [-0.39, 0.29) is 12.0 Å². The van der Waals surface area contributed by atoms with Gasteiger partial charge < -0.3 is 24.4 Å². The third kappa shape index (κ3) is 6.84. The average Bonchev–Trinajstić information content (AvgIpc) is 3.33. The molecule has 2 amide bonds. The molecule has 10 nitrogen and oxygen atoms in total. The van der Waals surface area contributed by atoms with E-state index in [9.17, 15) is 18.0 Å². The van der Waals surface area contributed by atoms with E-state index in [4.69, 9.17) is 4.74 Å². The minimum Gasteiger partial charge on any atom is -0.444 e. The average molecular weight is 638 g/mol. The summed E-state index contributed by atoms with van der Waals surface area (Å²) in [6, 6.07) is 8.64. The molecule has 1 N–H and O–H groups in total. The van der Waals surface area contributed by atoms with Crippen LogP contribution in [0, 0.1) is 20.8 Å². The standard InChI is InChI=1S/C34H47N5O5S/c1-23-11-13-29(25(3)31(23)36-17-19-37(20-18-36)33(41)44-34(5,6)7)35-32(40)26(4)39-22-24(2)28-21-27(12-14-30(28)39)45(42,43)38-15-9-8-10-16-38/h11-14,21-22,26H,8-10,15-20H2,1-7H3,(H,35,40). The number of fused-ring (bicyclic) bond motifs is 1. The predicted molar refractivity (Wildman–Crippen MR) is 179 cm³/mol. The zero-order valence-electron chi connectivity index (χ0n) is 27.6. The summed E-state index contributed by atoms with van der Waals surface area (Å²) in [5.41, 5.74) is 5.08. The van der Waals surface area contributed by atoms with E-state index in [2.05, 4.69) is 17.1 Å². The summed E-state index contributed by atoms with van der Waals surface area (Å²) in [5.74, 6) is -0.162. The van der Waals surface area contributed by atoms with Crippen molar-refractivity contribution in [2.75, 3.05) is 49.5 Å². The molecule has 0 spiro atoms. The number of ether oxygens (including phenoxy) is 1. The van der Waals surface area contributed by atoms with Crippen LogP contribution in [-0.4, -0.2) is 79.1 Å². The highest BCUT2D eigenvalue weighted by atomic mass is 32.2. The molecule has 11 heteroatoms. The van der Waals surface area contributed by atoms with Crippen molar-refractivity contribution in [1.29, 1.82) is 0 Å². The van der Waals surface area contributed by atoms with Crippen molar-refractivity contribution in [1.82, 2.24) is 13.8 Å². The minimum atomic E-state index is -3.56. The number of carbonyl (C=O) groups is 2. The van der Waals surface area contributed by atoms with E-state index in [1.54, 1.807) is 21.3 Å². The maximum absolute atomic E-state index is 13.6. The lowest BCUT2D eigenvalue weighted by atomic mass is 10.0. The van der Waals surface area contributed by atoms with Gasteiger partial charge in [0.1, 0.15) is 11.6 Å². The number of aryl methyl sites for hydroxylation is 2. The number of benzene rings is 2. The third-order valence-electron chi connectivity index (χ3n) is 8.89. The highest BCUT2D eigenvalue weighted by molar-refractivity contribution is 7.89. The topological polar surface area (TPSA) is 104 Å². The summed E-state index contributed by atoms with van der Waals surface area (Å²) in [4.78, 5) is 30.5. The highest BCUT2D eigenvalue weighted by Gasteiger charge is 2.29. The molecule has 0 radical (unpaired) electrons. The van der Waals surface area contributed by atoms with Crippen LogP contribution < -0.4 is 10.2 Å². The number of hydrogen-bond acceptors (Lipinski definition) is 6. The first-order valence-corrected chi connectivity index (χ1v) is 17.4. The maximum Gasteiger partial charge on any atom is 0.410 e. The van der Waals surface area contributed by atoms with Crippen molar-refractivity contribution in [2.24, 2.45) is 0 Å². The van der Waals surface area contributed by atoms with Crippen LogP contribution in [-0.2, 0) is 19.6 Å². The molecule has 1 aromatic heterocycles. The molecular formula is C34H47N5O5S. The van der Waals surface area contributed by atoms with Crippen LogP contribution in [0.5, 0.6) is 0 Å². The van der Waals surface area contributed by atoms with Gasteiger partial charge in [-0.25, -0.2) is 13.2 Å². The number of nitrogens with zero attached hydrogens (tertiary/aromatic N) is 4. The number of amides is 2. The second-order valence-corrected chi connectivity index (χ2v) is 15.3. The molecule has 2 aliphatic rings. The van der Waals surface area contributed by atoms with Crippen molar-refractivity contribution in [2.45, 2.75) is 84.3 Å². The number of piperidine rings is 1. The zero-order chi connectivity index (χ0) is 32.7. The molecule has 2 saturated heterocycles. The fraction of sp³-hybridized carbons (Fsp3) is 0.529. The van der Waals surface area contributed by atoms with Gasteiger partial charge in [0.05, 0.1) is 4.90 Å². The minimum absolute atomic E-state index is 0.162. The summed E-state index contributed by atoms with van der Waals surface area (Å²) >= 11 is 0. The Bertz CT molecular complexity index is 1690. The monoisotopic (exact) mass is 637 g/mol. The van der Waals surface area contributed by atoms with E-state index < -0.39 is 21.7 Å². The molecule has 3 heterocycles. The quantitative estimate of drug-likeness (QED) is 0.356. The predicted octanol–water partition coefficient (Wildman–Crippen LogP) is 6.00. The van der Waals surface area contributed by atoms with Gasteiger partial charge in [-0.2, -0.15) is 4.31 Å². The molecule has 0 saturated carbocycles. The molecule has 1 unspecified atom stereocenters. The summed E-state index contributed by atoms with van der Waals surface area (Å²) in [5, 5.41) is 3.97. The van der Waals surface area contributed by atoms with Gasteiger partial charge in [-0.3, -0.25) is 4.79 Å². The zero-order valence-corrected chi connectivity index (χ0v) is 28.5. The largest absolute Gasteiger partial charge is 0.444 e. The molecule has 2 aliphatic heterocycles. The van der Waals surface area contributed by atoms with Crippen LogP contribution in [0.3, 0.4) is 0 Å². The molecule has 1 atom stereocenters. The van der Waals surface area contributed by atoms with E-state index in [1.165, 1.54) is 0 Å². The van der Waals surface area contributed by atoms with Crippen LogP contribution in [0.25, 0.3) is 10.9 Å². The summed E-state index contributed by atoms with van der Waals surface area (Å²) in [6.45, 7) is 17.0. The Morgan fingerprint density at radius 2 is 1.56 bits per heavy atom. The molecule has 0 aliphatic carbocycles. The lowest BCUT2D eigenvalue weighted by Crippen LogP contribution is -2.50. The van der Waals surface area contributed by atoms with Gasteiger partial charge >= 0.3 is 6.09 Å². The number of hydrogen-bond donors (Lipinski definition) is 1. The van der Waals surface area contributed by atoms with Crippen molar-refractivity contribution in [3.63, 3.8) is 0 Å². The number of nitrogens with one attached hydrogen (secondary N) is 1. The van der Waals surface area contributed by atoms with Gasteiger partial charge in [0, 0.05) is 67.7 Å². The van der Waals surface area contributed by atoms with Gasteiger partial charge in [0.15, 0.2) is 0 Å². The van der Waals surface area contributed by atoms with Crippen LogP contribution >= 0.6 is 0 Å². The Morgan fingerprint density at radius 3 is 2.20 bits per heavy atom. The smallest absolute Gasteiger partial charge is 0.410 e. The van der Waals surface area contributed by atoms with Crippen molar-refractivity contribution >= 4 is 44.3 Å². The molecule has 2 fully saturated rings. The molecule has 3 aromatic rings. The fourth-order valence-corrected chi connectivity index (χ4v) is 7.94. The van der Waals surface area contributed by atoms with Gasteiger partial charge in [-0.15, -0.1) is 0 Å². The second kappa shape index (κ2) is 12.7. The van der Waals surface area contributed by atoms with E-state index >= 15 is 0 Å². The van der Waals surface area contributed by atoms with Crippen molar-refractivity contribution < 1.29 is 22.7 Å². The van der Waals surface area contributed by atoms with Crippen LogP contribution in [0.2, 0.25) is 0 Å². The summed E-state index contributed by atoms with van der Waals surface area (Å²) in [7, 11) is -3.56. The Labute approximate surface area is 267 Å². The normalized spacial score (nSPS) is 17.4. The molecule has 244 valence electrons. The first-order chi connectivity index (χ1) is 21.2. The maximum atomic E-state index is 13.6. The number of carbonyl (C=O) groups excluding carboxylic acids is 2. The van der Waals surface area contributed by atoms with Crippen LogP contribution in [0.1, 0.15) is 69.7 Å². The lowest BCUT2D eigenvalue weighted by Gasteiger charge is -2.38. The van der Waals surface area contributed by atoms with Crippen molar-refractivity contribution in [3.8, 4) is 0 Å². The number of sulfonamides is 1. The fourth-order valence-electron chi connectivity index (χ4n) is 6.40. The van der Waals surface area contributed by atoms with Crippen LogP contribution in [0.15, 0.2) is 41.4 Å². The number of anilines is 2. The lowest BCUT2D eigenvalue weighted by molar-refractivity contribution is -0.118. The first kappa shape index (κ1) is 32.8. The van der Waals surface area contributed by atoms with Gasteiger partial charge in [0.2, 0.25) is 15.9 Å². The van der Waals surface area contributed by atoms with Crippen LogP contribution in [0.4, 0.5) is 16.2 Å². The number of piperazine rings is 1. The number of rotatable bonds is 6. The molecule has 2 aromatic carbocycles. The van der Waals surface area contributed by atoms with Gasteiger partial charge in [-0.05, 0) is 102 Å². The molecule has 45 heavy (non-hydrogen) atoms. The number of aromatic nitrogens is 1. The van der Waals surface area contributed by atoms with Gasteiger partial charge in [0.25, 0.3) is 0 Å². The highest BCUT2D eigenvalue weighted by Crippen LogP contribution is 2.33. The molecular weight excluding hydrogens is 590 g/mol. The Kier molecular flexibility index (Phi) is 9.24. The van der Waals surface area contributed by atoms with E-state index in [0.717, 1.165) is 58.2 Å². The van der Waals surface area contributed by atoms with E-state index in [0.29, 0.717) is 44.2 Å². The Balaban J connectivity index is 1.32. The Hall–Kier alpha value is -3.57. The molecule has 0 bridgehead atoms. The third-order valence-corrected chi connectivity index (χ3v) is 10.8. The summed E-state index contributed by atoms with van der Waals surface area (Å²) < 4.78 is 35.7. The van der Waals surface area contributed by atoms with Gasteiger partial charge in [-0.1, -0.05) is 12.5 Å². The van der Waals surface area contributed by atoms with Crippen molar-refractivity contribution in [3.05, 3.63) is 53.2 Å². The second-order valence-electron chi connectivity index (χ2n) is 13.4.